The Hall–Kier alpha value is -7.39. The number of fused-ring (bicyclic) bond motifs is 1. The third-order valence-electron chi connectivity index (χ3n) is 11.2. The van der Waals surface area contributed by atoms with Gasteiger partial charge in [0.1, 0.15) is 52.7 Å². The highest BCUT2D eigenvalue weighted by atomic mass is 19.2. The fourth-order valence-corrected chi connectivity index (χ4v) is 8.08. The summed E-state index contributed by atoms with van der Waals surface area (Å²) < 4.78 is 296. The Balaban J connectivity index is 0.000000244. The molecule has 0 unspecified atom stereocenters. The molecule has 8 rings (SSSR count). The van der Waals surface area contributed by atoms with Gasteiger partial charge < -0.3 is 0 Å². The van der Waals surface area contributed by atoms with Crippen molar-refractivity contribution in [2.45, 2.75) is 13.5 Å². The standard InChI is InChI=1S/C24BF20.C23H20N/c26-5-1(6(27)14(35)21(42)13(5)34)25(2-7(28)15(36)22(43)16(37)8(2)29,3-9(30)17(38)23(44)18(39)10(3)31)4-11(32)19(40)24(45)20(41)12(4)33;1-18-11-13-21(14-12-18)23-22-10-6-5-9-20(22)15-16-24(23)17-19-7-3-2-4-8-19/h;2-16H,17H2,1H3/q-1;+1. The minimum absolute atomic E-state index is 0.870. The van der Waals surface area contributed by atoms with Gasteiger partial charge in [-0.2, -0.15) is 4.57 Å². The van der Waals surface area contributed by atoms with Crippen molar-refractivity contribution in [3.63, 3.8) is 0 Å². The Bertz CT molecular complexity index is 2980. The second kappa shape index (κ2) is 18.6. The first kappa shape index (κ1) is 49.5. The maximum atomic E-state index is 15.4. The van der Waals surface area contributed by atoms with Crippen LogP contribution in [-0.2, 0) is 6.54 Å². The number of halogens is 20. The smallest absolute Gasteiger partial charge is 0.207 e. The van der Waals surface area contributed by atoms with Crippen molar-refractivity contribution in [2.75, 3.05) is 0 Å². The van der Waals surface area contributed by atoms with Crippen LogP contribution >= 0.6 is 0 Å². The van der Waals surface area contributed by atoms with E-state index in [0.717, 1.165) is 6.54 Å². The second-order valence-corrected chi connectivity index (χ2v) is 15.0. The lowest BCUT2D eigenvalue weighted by Crippen LogP contribution is -2.81. The van der Waals surface area contributed by atoms with Gasteiger partial charge in [0.05, 0.1) is 5.39 Å². The van der Waals surface area contributed by atoms with Gasteiger partial charge >= 0.3 is 0 Å². The van der Waals surface area contributed by atoms with Crippen molar-refractivity contribution in [3.8, 4) is 11.3 Å². The summed E-state index contributed by atoms with van der Waals surface area (Å²) in [6.45, 7) is 3.00. The first-order chi connectivity index (χ1) is 32.5. The quantitative estimate of drug-likeness (QED) is 0.0493. The lowest BCUT2D eigenvalue weighted by molar-refractivity contribution is -0.676. The van der Waals surface area contributed by atoms with E-state index in [1.54, 1.807) is 0 Å². The second-order valence-electron chi connectivity index (χ2n) is 15.0. The molecule has 69 heavy (non-hydrogen) atoms. The van der Waals surface area contributed by atoms with Crippen LogP contribution in [0.5, 0.6) is 0 Å². The molecule has 7 aromatic carbocycles. The van der Waals surface area contributed by atoms with Crippen LogP contribution in [0.1, 0.15) is 11.1 Å². The van der Waals surface area contributed by atoms with E-state index in [-0.39, 0.29) is 0 Å². The van der Waals surface area contributed by atoms with Gasteiger partial charge in [-0.25, -0.2) is 87.8 Å². The first-order valence-corrected chi connectivity index (χ1v) is 19.3. The summed E-state index contributed by atoms with van der Waals surface area (Å²) in [5, 5.41) is 2.57. The van der Waals surface area contributed by atoms with Crippen LogP contribution in [0.4, 0.5) is 87.8 Å². The monoisotopic (exact) mass is 989 g/mol. The van der Waals surface area contributed by atoms with Crippen LogP contribution in [0.15, 0.2) is 91.1 Å². The van der Waals surface area contributed by atoms with Crippen molar-refractivity contribution < 1.29 is 92.4 Å². The highest BCUT2D eigenvalue weighted by Crippen LogP contribution is 2.31. The fourth-order valence-electron chi connectivity index (χ4n) is 8.08. The SMILES string of the molecule is Cc1ccc(-c2c3ccccc3cc[n+]2Cc2ccccc2)cc1.Fc1c(F)c(F)c([B-](c2c(F)c(F)c(F)c(F)c2F)(c2c(F)c(F)c(F)c(F)c2F)c2c(F)c(F)c(F)c(F)c2F)c(F)c1F. The number of aryl methyl sites for hydroxylation is 1. The number of benzene rings is 7. The van der Waals surface area contributed by atoms with E-state index in [4.69, 9.17) is 0 Å². The Morgan fingerprint density at radius 1 is 0.333 bits per heavy atom. The summed E-state index contributed by atoms with van der Waals surface area (Å²) in [6, 6.07) is 30.3. The molecule has 0 aliphatic heterocycles. The summed E-state index contributed by atoms with van der Waals surface area (Å²) in [5.41, 5.74) is -9.20. The van der Waals surface area contributed by atoms with Crippen LogP contribution in [0.25, 0.3) is 22.0 Å². The first-order valence-electron chi connectivity index (χ1n) is 19.3. The van der Waals surface area contributed by atoms with Crippen LogP contribution in [-0.4, -0.2) is 6.15 Å². The van der Waals surface area contributed by atoms with Crippen molar-refractivity contribution in [2.24, 2.45) is 0 Å². The van der Waals surface area contributed by atoms with E-state index in [0.29, 0.717) is 0 Å². The molecule has 8 aromatic rings. The molecule has 0 saturated heterocycles. The molecule has 0 fully saturated rings. The Kier molecular flexibility index (Phi) is 13.3. The van der Waals surface area contributed by atoms with E-state index < -0.39 is 144 Å². The number of pyridine rings is 1. The number of hydrogen-bond acceptors (Lipinski definition) is 0. The Labute approximate surface area is 374 Å². The third-order valence-corrected chi connectivity index (χ3v) is 11.2. The van der Waals surface area contributed by atoms with Crippen molar-refractivity contribution in [1.82, 2.24) is 0 Å². The predicted molar refractivity (Wildman–Crippen MR) is 209 cm³/mol. The van der Waals surface area contributed by atoms with Gasteiger partial charge in [-0.3, -0.25) is 0 Å². The van der Waals surface area contributed by atoms with Gasteiger partial charge in [0.2, 0.25) is 5.69 Å². The number of rotatable bonds is 7. The average molecular weight is 989 g/mol. The molecular formula is C47H20BF20N. The van der Waals surface area contributed by atoms with Gasteiger partial charge in [-0.15, -0.1) is 21.9 Å². The largest absolute Gasteiger partial charge is 0.220 e. The minimum atomic E-state index is -7.22. The van der Waals surface area contributed by atoms with Crippen LogP contribution < -0.4 is 26.4 Å². The van der Waals surface area contributed by atoms with Crippen LogP contribution in [0.2, 0.25) is 0 Å². The molecule has 0 radical (unpaired) electrons. The minimum Gasteiger partial charge on any atom is -0.207 e. The Morgan fingerprint density at radius 3 is 0.986 bits per heavy atom. The number of aromatic nitrogens is 1. The molecule has 0 N–H and O–H groups in total. The van der Waals surface area contributed by atoms with Gasteiger partial charge in [0, 0.05) is 17.2 Å². The Morgan fingerprint density at radius 2 is 0.638 bits per heavy atom. The zero-order chi connectivity index (χ0) is 50.7. The molecule has 0 saturated carbocycles. The van der Waals surface area contributed by atoms with Crippen molar-refractivity contribution >= 4 is 38.8 Å². The molecule has 1 aromatic heterocycles. The van der Waals surface area contributed by atoms with Gasteiger partial charge in [-0.1, -0.05) is 66.2 Å². The number of nitrogens with zero attached hydrogens (tertiary/aromatic N) is 1. The molecular weight excluding hydrogens is 969 g/mol. The zero-order valence-electron chi connectivity index (χ0n) is 34.0. The highest BCUT2D eigenvalue weighted by Gasteiger charge is 2.52. The maximum absolute atomic E-state index is 15.4. The summed E-state index contributed by atoms with van der Waals surface area (Å²) >= 11 is 0. The normalized spacial score (nSPS) is 11.6. The molecule has 0 aliphatic carbocycles. The molecule has 356 valence electrons. The van der Waals surface area contributed by atoms with E-state index in [2.05, 4.69) is 103 Å². The molecule has 0 spiro atoms. The number of hydrogen-bond donors (Lipinski definition) is 0. The van der Waals surface area contributed by atoms with Crippen LogP contribution in [0, 0.1) is 123 Å². The molecule has 0 amide bonds. The topological polar surface area (TPSA) is 3.88 Å². The van der Waals surface area contributed by atoms with Gasteiger partial charge in [-0.05, 0) is 30.5 Å². The van der Waals surface area contributed by atoms with Gasteiger partial charge in [0.25, 0.3) is 0 Å². The van der Waals surface area contributed by atoms with Crippen LogP contribution in [0.3, 0.4) is 0 Å². The van der Waals surface area contributed by atoms with E-state index >= 15 is 35.1 Å². The van der Waals surface area contributed by atoms with E-state index in [1.807, 2.05) is 0 Å². The van der Waals surface area contributed by atoms with Gasteiger partial charge in [0.15, 0.2) is 82.5 Å². The van der Waals surface area contributed by atoms with E-state index in [1.165, 1.54) is 33.2 Å². The fraction of sp³-hybridized carbons (Fsp3) is 0.0426. The third kappa shape index (κ3) is 7.88. The summed E-state index contributed by atoms with van der Waals surface area (Å²) in [6.07, 6.45) is -5.02. The lowest BCUT2D eigenvalue weighted by atomic mass is 9.12. The highest BCUT2D eigenvalue weighted by molar-refractivity contribution is 7.20. The molecule has 22 heteroatoms. The predicted octanol–water partition coefficient (Wildman–Crippen LogP) is 11.0. The summed E-state index contributed by atoms with van der Waals surface area (Å²) in [5.74, 6) is -71.4. The molecule has 0 aliphatic rings. The summed E-state index contributed by atoms with van der Waals surface area (Å²) in [7, 11) is 0. The van der Waals surface area contributed by atoms with E-state index in [9.17, 15) is 52.7 Å². The molecule has 1 nitrogen and oxygen atoms in total. The molecule has 0 atom stereocenters. The maximum Gasteiger partial charge on any atom is 0.220 e. The van der Waals surface area contributed by atoms with Crippen molar-refractivity contribution in [3.05, 3.63) is 219 Å². The average Bonchev–Trinajstić information content (AvgIpc) is 3.34. The molecule has 0 bridgehead atoms. The van der Waals surface area contributed by atoms with Crippen molar-refractivity contribution in [1.29, 1.82) is 0 Å². The zero-order valence-corrected chi connectivity index (χ0v) is 34.0. The summed E-state index contributed by atoms with van der Waals surface area (Å²) in [4.78, 5) is 0. The lowest BCUT2D eigenvalue weighted by Gasteiger charge is -2.44. The molecule has 1 heterocycles.